The molecular weight excluding hydrogens is 393 g/mol. The van der Waals surface area contributed by atoms with Gasteiger partial charge in [-0.05, 0) is 0 Å². The Balaban J connectivity index is 0. The number of hydrogen-bond donors (Lipinski definition) is 0. The van der Waals surface area contributed by atoms with Crippen molar-refractivity contribution >= 4 is 71.6 Å². The van der Waals surface area contributed by atoms with Gasteiger partial charge in [0.25, 0.3) is 0 Å². The van der Waals surface area contributed by atoms with E-state index < -0.39 is 0 Å². The molecule has 0 bridgehead atoms. The van der Waals surface area contributed by atoms with E-state index >= 15 is 0 Å². The van der Waals surface area contributed by atoms with Crippen molar-refractivity contribution in [3.63, 3.8) is 0 Å². The van der Waals surface area contributed by atoms with Crippen LogP contribution in [0.15, 0.2) is 0 Å². The molecule has 0 aliphatic carbocycles. The molecule has 0 aliphatic rings. The first-order chi connectivity index (χ1) is 3.15. The SMILES string of the molecule is BrB(Br)Br.[CH3][Sn][CH3]. The molecule has 5 heteroatoms. The van der Waals surface area contributed by atoms with Crippen LogP contribution in [0.25, 0.3) is 0 Å². The first-order valence-corrected chi connectivity index (χ1v) is 10.1. The molecule has 0 aromatic carbocycles. The second-order valence-electron chi connectivity index (χ2n) is 0.747. The van der Waals surface area contributed by atoms with Crippen molar-refractivity contribution in [1.29, 1.82) is 0 Å². The average Bonchev–Trinajstić information content (AvgIpc) is 1.33. The van der Waals surface area contributed by atoms with Gasteiger partial charge in [-0.2, -0.15) is 0 Å². The van der Waals surface area contributed by atoms with Crippen molar-refractivity contribution in [3.8, 4) is 0 Å². The first-order valence-electron chi connectivity index (χ1n) is 1.65. The molecule has 0 N–H and O–H groups in total. The molecule has 42 valence electrons. The Morgan fingerprint density at radius 2 is 1.14 bits per heavy atom. The molecule has 0 atom stereocenters. The van der Waals surface area contributed by atoms with Crippen LogP contribution in [0.1, 0.15) is 0 Å². The molecule has 0 aromatic rings. The van der Waals surface area contributed by atoms with E-state index in [0.29, 0.717) is 0 Å². The van der Waals surface area contributed by atoms with E-state index in [1.165, 1.54) is 0 Å². The fraction of sp³-hybridized carbons (Fsp3) is 1.00. The van der Waals surface area contributed by atoms with Crippen LogP contribution < -0.4 is 0 Å². The summed E-state index contributed by atoms with van der Waals surface area (Å²) in [5, 5.41) is 0. The van der Waals surface area contributed by atoms with Crippen molar-refractivity contribution in [1.82, 2.24) is 0 Å². The van der Waals surface area contributed by atoms with Gasteiger partial charge in [-0.15, -0.1) is 47.3 Å². The van der Waals surface area contributed by atoms with Crippen molar-refractivity contribution in [3.05, 3.63) is 0 Å². The van der Waals surface area contributed by atoms with E-state index in [2.05, 4.69) is 57.2 Å². The van der Waals surface area contributed by atoms with Crippen LogP contribution in [0, 0.1) is 0 Å². The molecule has 2 radical (unpaired) electrons. The number of hydrogen-bond acceptors (Lipinski definition) is 0. The summed E-state index contributed by atoms with van der Waals surface area (Å²) in [6.45, 7) is 0. The molecule has 0 aromatic heterocycles. The molecule has 0 saturated heterocycles. The summed E-state index contributed by atoms with van der Waals surface area (Å²) in [7, 11) is 0. The van der Waals surface area contributed by atoms with Gasteiger partial charge in [-0.3, -0.25) is 0 Å². The number of halogens is 3. The van der Waals surface area contributed by atoms with Crippen molar-refractivity contribution in [2.75, 3.05) is 0 Å². The maximum absolute atomic E-state index is 3.10. The Hall–Kier alpha value is 2.30. The first kappa shape index (κ1) is 12.0. The second-order valence-corrected chi connectivity index (χ2v) is 10.0. The third-order valence-electron chi connectivity index (χ3n) is 0. The quantitative estimate of drug-likeness (QED) is 0.550. The van der Waals surface area contributed by atoms with Gasteiger partial charge < -0.3 is 0 Å². The zero-order valence-electron chi connectivity index (χ0n) is 4.21. The number of rotatable bonds is 0. The summed E-state index contributed by atoms with van der Waals surface area (Å²) >= 11 is 9.54. The summed E-state index contributed by atoms with van der Waals surface area (Å²) in [4.78, 5) is 4.59. The topological polar surface area (TPSA) is 0 Å². The van der Waals surface area contributed by atoms with Gasteiger partial charge in [0.1, 0.15) is 0 Å². The molecule has 0 unspecified atom stereocenters. The van der Waals surface area contributed by atoms with Crippen molar-refractivity contribution in [2.45, 2.75) is 9.88 Å². The van der Waals surface area contributed by atoms with Crippen LogP contribution in [0.4, 0.5) is 0 Å². The minimum atomic E-state index is 0.230. The summed E-state index contributed by atoms with van der Waals surface area (Å²) in [5.74, 6) is 0. The maximum atomic E-state index is 3.10. The third kappa shape index (κ3) is 62.2. The molecular formula is C2H6BBr3Sn. The van der Waals surface area contributed by atoms with Crippen LogP contribution in [0.2, 0.25) is 9.88 Å². The van der Waals surface area contributed by atoms with E-state index in [-0.39, 0.29) is 24.3 Å². The molecule has 0 fully saturated rings. The standard InChI is InChI=1S/2CH3.BBr3.Sn/c;;2-1(3)4;/h2*1H3;;. The van der Waals surface area contributed by atoms with Gasteiger partial charge in [0.2, 0.25) is 0 Å². The fourth-order valence-corrected chi connectivity index (χ4v) is 0. The van der Waals surface area contributed by atoms with Crippen molar-refractivity contribution in [2.24, 2.45) is 0 Å². The van der Waals surface area contributed by atoms with Gasteiger partial charge in [0.15, 0.2) is 0 Å². The monoisotopic (exact) mass is 398 g/mol. The van der Waals surface area contributed by atoms with E-state index in [1.807, 2.05) is 0 Å². The van der Waals surface area contributed by atoms with Gasteiger partial charge >= 0.3 is 34.2 Å². The molecule has 0 rings (SSSR count). The Bertz CT molecular complexity index is 24.1. The zero-order valence-corrected chi connectivity index (χ0v) is 11.8. The zero-order chi connectivity index (χ0) is 6.28. The molecule has 0 spiro atoms. The van der Waals surface area contributed by atoms with E-state index in [9.17, 15) is 0 Å². The molecule has 0 saturated carbocycles. The van der Waals surface area contributed by atoms with Crippen LogP contribution in [0.3, 0.4) is 0 Å². The molecule has 0 heterocycles. The summed E-state index contributed by atoms with van der Waals surface area (Å²) in [6, 6.07) is 0. The third-order valence-corrected chi connectivity index (χ3v) is 0. The molecule has 7 heavy (non-hydrogen) atoms. The predicted octanol–water partition coefficient (Wildman–Crippen LogP) is 2.94. The molecule has 0 amide bonds. The average molecular weight is 399 g/mol. The summed E-state index contributed by atoms with van der Waals surface area (Å²) < 4.78 is 0.271. The van der Waals surface area contributed by atoms with Gasteiger partial charge in [-0.25, -0.2) is 0 Å². The summed E-state index contributed by atoms with van der Waals surface area (Å²) in [5.41, 5.74) is 0. The minimum absolute atomic E-state index is 0.230. The molecule has 0 nitrogen and oxygen atoms in total. The van der Waals surface area contributed by atoms with Crippen molar-refractivity contribution < 1.29 is 0 Å². The Kier molecular flexibility index (Phi) is 19.2. The van der Waals surface area contributed by atoms with E-state index in [1.54, 1.807) is 0 Å². The summed E-state index contributed by atoms with van der Waals surface area (Å²) in [6.07, 6.45) is 0. The molecule has 0 aliphatic heterocycles. The predicted molar refractivity (Wildman–Crippen MR) is 50.0 cm³/mol. The van der Waals surface area contributed by atoms with Crippen LogP contribution in [-0.4, -0.2) is 24.3 Å². The Labute approximate surface area is 80.4 Å². The van der Waals surface area contributed by atoms with Gasteiger partial charge in [0, 0.05) is 0 Å². The van der Waals surface area contributed by atoms with Crippen LogP contribution in [-0.2, 0) is 0 Å². The van der Waals surface area contributed by atoms with E-state index in [4.69, 9.17) is 0 Å². The van der Waals surface area contributed by atoms with Crippen LogP contribution in [0.5, 0.6) is 0 Å². The fourth-order valence-electron chi connectivity index (χ4n) is 0. The normalized spacial score (nSPS) is 6.43. The van der Waals surface area contributed by atoms with E-state index in [0.717, 1.165) is 0 Å². The Morgan fingerprint density at radius 1 is 1.14 bits per heavy atom. The van der Waals surface area contributed by atoms with Crippen LogP contribution >= 0.6 is 47.3 Å². The Morgan fingerprint density at radius 3 is 1.14 bits per heavy atom. The van der Waals surface area contributed by atoms with Gasteiger partial charge in [0.05, 0.1) is 0 Å². The van der Waals surface area contributed by atoms with Gasteiger partial charge in [-0.1, -0.05) is 0 Å². The second kappa shape index (κ2) is 11.1.